The molecule has 2 aromatic carbocycles. The first-order valence-electron chi connectivity index (χ1n) is 7.39. The van der Waals surface area contributed by atoms with E-state index in [0.29, 0.717) is 12.1 Å². The molecule has 1 unspecified atom stereocenters. The molecule has 22 heavy (non-hydrogen) atoms. The van der Waals surface area contributed by atoms with Crippen molar-refractivity contribution in [2.45, 2.75) is 39.5 Å². The fourth-order valence-electron chi connectivity index (χ4n) is 2.17. The molecular weight excluding hydrogens is 284 g/mol. The minimum absolute atomic E-state index is 0.0789. The average molecular weight is 305 g/mol. The Morgan fingerprint density at radius 3 is 2.45 bits per heavy atom. The lowest BCUT2D eigenvalue weighted by molar-refractivity contribution is 0.242. The molecule has 1 N–H and O–H groups in total. The summed E-state index contributed by atoms with van der Waals surface area (Å²) in [5, 5.41) is 3.30. The normalized spacial score (nSPS) is 12.5. The maximum atomic E-state index is 13.3. The quantitative estimate of drug-likeness (QED) is 0.842. The summed E-state index contributed by atoms with van der Waals surface area (Å²) in [5.74, 6) is -0.817. The number of ether oxygens (including phenoxy) is 1. The van der Waals surface area contributed by atoms with Gasteiger partial charge in [0.25, 0.3) is 0 Å². The summed E-state index contributed by atoms with van der Waals surface area (Å²) in [4.78, 5) is 0. The highest BCUT2D eigenvalue weighted by Gasteiger charge is 2.09. The third kappa shape index (κ3) is 4.53. The van der Waals surface area contributed by atoms with Gasteiger partial charge in [-0.25, -0.2) is 8.78 Å². The molecule has 0 aromatic heterocycles. The highest BCUT2D eigenvalue weighted by molar-refractivity contribution is 5.29. The van der Waals surface area contributed by atoms with Crippen molar-refractivity contribution in [2.75, 3.05) is 0 Å². The van der Waals surface area contributed by atoms with Gasteiger partial charge in [-0.1, -0.05) is 18.2 Å². The van der Waals surface area contributed by atoms with E-state index in [0.717, 1.165) is 17.4 Å². The second kappa shape index (κ2) is 7.36. The Hall–Kier alpha value is -1.94. The van der Waals surface area contributed by atoms with E-state index in [-0.39, 0.29) is 12.1 Å². The van der Waals surface area contributed by atoms with Crippen LogP contribution in [0, 0.1) is 11.6 Å². The Bertz CT molecular complexity index is 628. The van der Waals surface area contributed by atoms with Gasteiger partial charge in [0.05, 0.1) is 6.10 Å². The molecule has 2 rings (SSSR count). The number of halogens is 2. The van der Waals surface area contributed by atoms with Crippen molar-refractivity contribution in [2.24, 2.45) is 0 Å². The fourth-order valence-corrected chi connectivity index (χ4v) is 2.17. The van der Waals surface area contributed by atoms with Crippen LogP contribution in [0.3, 0.4) is 0 Å². The van der Waals surface area contributed by atoms with Crippen molar-refractivity contribution in [1.82, 2.24) is 5.32 Å². The van der Waals surface area contributed by atoms with Gasteiger partial charge in [0, 0.05) is 12.6 Å². The third-order valence-electron chi connectivity index (χ3n) is 3.33. The van der Waals surface area contributed by atoms with E-state index in [2.05, 4.69) is 5.32 Å². The highest BCUT2D eigenvalue weighted by Crippen LogP contribution is 2.18. The highest BCUT2D eigenvalue weighted by atomic mass is 19.2. The van der Waals surface area contributed by atoms with Gasteiger partial charge in [0.2, 0.25) is 0 Å². The van der Waals surface area contributed by atoms with Crippen LogP contribution in [-0.2, 0) is 6.54 Å². The van der Waals surface area contributed by atoms with Gasteiger partial charge < -0.3 is 10.1 Å². The Morgan fingerprint density at radius 2 is 1.77 bits per heavy atom. The van der Waals surface area contributed by atoms with Crippen LogP contribution in [0.1, 0.15) is 37.9 Å². The van der Waals surface area contributed by atoms with E-state index >= 15 is 0 Å². The van der Waals surface area contributed by atoms with Crippen LogP contribution in [0.4, 0.5) is 8.78 Å². The average Bonchev–Trinajstić information content (AvgIpc) is 2.47. The van der Waals surface area contributed by atoms with Gasteiger partial charge in [-0.2, -0.15) is 0 Å². The molecule has 0 aliphatic heterocycles. The van der Waals surface area contributed by atoms with Crippen molar-refractivity contribution in [3.8, 4) is 5.75 Å². The van der Waals surface area contributed by atoms with Crippen LogP contribution in [0.25, 0.3) is 0 Å². The number of rotatable bonds is 6. The second-order valence-corrected chi connectivity index (χ2v) is 5.59. The van der Waals surface area contributed by atoms with Crippen LogP contribution >= 0.6 is 0 Å². The summed E-state index contributed by atoms with van der Waals surface area (Å²) in [6.07, 6.45) is 0.129. The molecular formula is C18H21F2NO. The second-order valence-electron chi connectivity index (χ2n) is 5.59. The van der Waals surface area contributed by atoms with Crippen molar-refractivity contribution in [3.63, 3.8) is 0 Å². The molecule has 0 aliphatic carbocycles. The van der Waals surface area contributed by atoms with Crippen LogP contribution in [0.2, 0.25) is 0 Å². The van der Waals surface area contributed by atoms with Crippen LogP contribution in [0.15, 0.2) is 42.5 Å². The first kappa shape index (κ1) is 16.4. The number of hydrogen-bond donors (Lipinski definition) is 1. The molecule has 4 heteroatoms. The largest absolute Gasteiger partial charge is 0.491 e. The Morgan fingerprint density at radius 1 is 1.00 bits per heavy atom. The molecule has 0 saturated heterocycles. The topological polar surface area (TPSA) is 21.3 Å². The molecule has 0 aliphatic rings. The smallest absolute Gasteiger partial charge is 0.159 e. The Kier molecular flexibility index (Phi) is 5.50. The monoisotopic (exact) mass is 305 g/mol. The summed E-state index contributed by atoms with van der Waals surface area (Å²) in [6.45, 7) is 6.50. The predicted molar refractivity (Wildman–Crippen MR) is 83.8 cm³/mol. The molecule has 0 fully saturated rings. The van der Waals surface area contributed by atoms with Crippen molar-refractivity contribution in [3.05, 3.63) is 65.2 Å². The van der Waals surface area contributed by atoms with Gasteiger partial charge in [0.15, 0.2) is 11.6 Å². The van der Waals surface area contributed by atoms with E-state index in [1.54, 1.807) is 6.07 Å². The van der Waals surface area contributed by atoms with Crippen LogP contribution < -0.4 is 10.1 Å². The van der Waals surface area contributed by atoms with E-state index in [1.165, 1.54) is 6.07 Å². The molecule has 2 nitrogen and oxygen atoms in total. The van der Waals surface area contributed by atoms with E-state index in [4.69, 9.17) is 4.74 Å². The Balaban J connectivity index is 1.98. The standard InChI is InChI=1S/C18H21F2NO/c1-12(2)22-16-6-4-5-14(9-16)11-21-13(3)15-7-8-17(19)18(20)10-15/h4-10,12-13,21H,11H2,1-3H3. The maximum absolute atomic E-state index is 13.3. The van der Waals surface area contributed by atoms with Crippen molar-refractivity contribution < 1.29 is 13.5 Å². The summed E-state index contributed by atoms with van der Waals surface area (Å²) in [6, 6.07) is 11.7. The first-order chi connectivity index (χ1) is 10.5. The Labute approximate surface area is 130 Å². The molecule has 0 heterocycles. The summed E-state index contributed by atoms with van der Waals surface area (Å²) >= 11 is 0. The molecule has 118 valence electrons. The van der Waals surface area contributed by atoms with Gasteiger partial charge in [-0.05, 0) is 56.2 Å². The molecule has 1 atom stereocenters. The molecule has 0 bridgehead atoms. The lowest BCUT2D eigenvalue weighted by atomic mass is 10.1. The summed E-state index contributed by atoms with van der Waals surface area (Å²) in [5.41, 5.74) is 1.79. The SMILES string of the molecule is CC(C)Oc1cccc(CNC(C)c2ccc(F)c(F)c2)c1. The third-order valence-corrected chi connectivity index (χ3v) is 3.33. The van der Waals surface area contributed by atoms with Gasteiger partial charge >= 0.3 is 0 Å². The molecule has 0 amide bonds. The van der Waals surface area contributed by atoms with Crippen molar-refractivity contribution in [1.29, 1.82) is 0 Å². The van der Waals surface area contributed by atoms with E-state index in [9.17, 15) is 8.78 Å². The lowest BCUT2D eigenvalue weighted by Crippen LogP contribution is -2.18. The zero-order chi connectivity index (χ0) is 16.1. The molecule has 0 saturated carbocycles. The number of nitrogens with one attached hydrogen (secondary N) is 1. The van der Waals surface area contributed by atoms with Gasteiger partial charge in [-0.3, -0.25) is 0 Å². The zero-order valence-corrected chi connectivity index (χ0v) is 13.1. The van der Waals surface area contributed by atoms with Crippen molar-refractivity contribution >= 4 is 0 Å². The fraction of sp³-hybridized carbons (Fsp3) is 0.333. The number of benzene rings is 2. The maximum Gasteiger partial charge on any atom is 0.159 e. The predicted octanol–water partition coefficient (Wildman–Crippen LogP) is 4.60. The zero-order valence-electron chi connectivity index (χ0n) is 13.1. The number of hydrogen-bond acceptors (Lipinski definition) is 2. The van der Waals surface area contributed by atoms with Crippen LogP contribution in [-0.4, -0.2) is 6.10 Å². The summed E-state index contributed by atoms with van der Waals surface area (Å²) < 4.78 is 31.9. The minimum atomic E-state index is -0.825. The molecule has 0 spiro atoms. The van der Waals surface area contributed by atoms with Gasteiger partial charge in [0.1, 0.15) is 5.75 Å². The van der Waals surface area contributed by atoms with E-state index < -0.39 is 11.6 Å². The minimum Gasteiger partial charge on any atom is -0.491 e. The van der Waals surface area contributed by atoms with E-state index in [1.807, 2.05) is 45.0 Å². The lowest BCUT2D eigenvalue weighted by Gasteiger charge is -2.16. The molecule has 0 radical (unpaired) electrons. The van der Waals surface area contributed by atoms with Crippen LogP contribution in [0.5, 0.6) is 5.75 Å². The molecule has 2 aromatic rings. The first-order valence-corrected chi connectivity index (χ1v) is 7.39. The van der Waals surface area contributed by atoms with Gasteiger partial charge in [-0.15, -0.1) is 0 Å². The summed E-state index contributed by atoms with van der Waals surface area (Å²) in [7, 11) is 0.